The van der Waals surface area contributed by atoms with Crippen molar-refractivity contribution >= 4 is 38.5 Å². The van der Waals surface area contributed by atoms with E-state index >= 15 is 0 Å². The summed E-state index contributed by atoms with van der Waals surface area (Å²) < 4.78 is 11.1. The molecule has 5 heteroatoms. The normalized spacial score (nSPS) is 11.0. The minimum atomic E-state index is 0.502. The highest BCUT2D eigenvalue weighted by Gasteiger charge is 2.09. The maximum Gasteiger partial charge on any atom is 0.167 e. The van der Waals surface area contributed by atoms with Crippen molar-refractivity contribution in [1.29, 1.82) is 0 Å². The van der Waals surface area contributed by atoms with Gasteiger partial charge in [0.25, 0.3) is 0 Å². The van der Waals surface area contributed by atoms with Gasteiger partial charge in [-0.15, -0.1) is 0 Å². The van der Waals surface area contributed by atoms with Gasteiger partial charge in [-0.1, -0.05) is 44.8 Å². The predicted octanol–water partition coefficient (Wildman–Crippen LogP) is 5.00. The number of aromatic nitrogens is 1. The first-order valence-corrected chi connectivity index (χ1v) is 8.08. The molecule has 0 fully saturated rings. The molecule has 0 aliphatic heterocycles. The monoisotopic (exact) mass is 365 g/mol. The number of hydrogen-bond donors (Lipinski definition) is 0. The highest BCUT2D eigenvalue weighted by Crippen LogP contribution is 2.25. The lowest BCUT2D eigenvalue weighted by molar-refractivity contribution is 0.306. The standard InChI is InChI=1S/C16H13BrClNO2/c17-8-7-15-14-9-13(5-6-16(14)21-19-15)20-10-11-1-3-12(18)4-2-11/h1-6,9H,7-8,10H2. The van der Waals surface area contributed by atoms with Gasteiger partial charge in [0.2, 0.25) is 0 Å². The van der Waals surface area contributed by atoms with Crippen LogP contribution >= 0.6 is 27.5 Å². The lowest BCUT2D eigenvalue weighted by Gasteiger charge is -2.06. The van der Waals surface area contributed by atoms with Crippen LogP contribution < -0.4 is 4.74 Å². The molecule has 0 bridgehead atoms. The molecular weight excluding hydrogens is 354 g/mol. The molecule has 0 unspecified atom stereocenters. The Hall–Kier alpha value is -1.52. The smallest absolute Gasteiger partial charge is 0.167 e. The van der Waals surface area contributed by atoms with Gasteiger partial charge in [0.15, 0.2) is 5.58 Å². The molecular formula is C16H13BrClNO2. The molecule has 1 aromatic heterocycles. The summed E-state index contributed by atoms with van der Waals surface area (Å²) in [6.07, 6.45) is 0.827. The fourth-order valence-electron chi connectivity index (χ4n) is 2.07. The van der Waals surface area contributed by atoms with Gasteiger partial charge in [-0.05, 0) is 35.9 Å². The summed E-state index contributed by atoms with van der Waals surface area (Å²) in [5.74, 6) is 0.802. The molecule has 108 valence electrons. The van der Waals surface area contributed by atoms with Gasteiger partial charge in [0.1, 0.15) is 12.4 Å². The van der Waals surface area contributed by atoms with Crippen molar-refractivity contribution in [3.05, 3.63) is 58.7 Å². The average molecular weight is 367 g/mol. The van der Waals surface area contributed by atoms with Crippen LogP contribution in [0.5, 0.6) is 5.75 Å². The molecule has 2 aromatic carbocycles. The van der Waals surface area contributed by atoms with Gasteiger partial charge in [0.05, 0.1) is 5.69 Å². The summed E-state index contributed by atoms with van der Waals surface area (Å²) in [7, 11) is 0. The van der Waals surface area contributed by atoms with Crippen LogP contribution in [0.4, 0.5) is 0 Å². The summed E-state index contributed by atoms with van der Waals surface area (Å²) >= 11 is 9.29. The zero-order valence-corrected chi connectivity index (χ0v) is 13.5. The van der Waals surface area contributed by atoms with E-state index in [4.69, 9.17) is 20.9 Å². The third kappa shape index (κ3) is 3.39. The van der Waals surface area contributed by atoms with E-state index in [1.807, 2.05) is 42.5 Å². The van der Waals surface area contributed by atoms with Crippen molar-refractivity contribution in [3.63, 3.8) is 0 Å². The summed E-state index contributed by atoms with van der Waals surface area (Å²) in [6.45, 7) is 0.502. The Kier molecular flexibility index (Phi) is 4.46. The van der Waals surface area contributed by atoms with Crippen LogP contribution in [-0.4, -0.2) is 10.5 Å². The topological polar surface area (TPSA) is 35.3 Å². The quantitative estimate of drug-likeness (QED) is 0.596. The number of halogens is 2. The van der Waals surface area contributed by atoms with Crippen LogP contribution in [0.3, 0.4) is 0 Å². The lowest BCUT2D eigenvalue weighted by atomic mass is 10.2. The van der Waals surface area contributed by atoms with Gasteiger partial charge in [-0.25, -0.2) is 0 Å². The highest BCUT2D eigenvalue weighted by atomic mass is 79.9. The van der Waals surface area contributed by atoms with Gasteiger partial charge < -0.3 is 9.26 Å². The summed E-state index contributed by atoms with van der Waals surface area (Å²) in [6, 6.07) is 13.4. The molecule has 0 aliphatic rings. The molecule has 1 heterocycles. The number of fused-ring (bicyclic) bond motifs is 1. The minimum Gasteiger partial charge on any atom is -0.489 e. The average Bonchev–Trinajstić information content (AvgIpc) is 2.90. The third-order valence-corrected chi connectivity index (χ3v) is 3.81. The molecule has 21 heavy (non-hydrogen) atoms. The zero-order valence-electron chi connectivity index (χ0n) is 11.2. The highest BCUT2D eigenvalue weighted by molar-refractivity contribution is 9.09. The molecule has 0 spiro atoms. The SMILES string of the molecule is Clc1ccc(COc2ccc3onc(CCBr)c3c2)cc1. The second-order valence-corrected chi connectivity index (χ2v) is 5.87. The number of nitrogens with zero attached hydrogens (tertiary/aromatic N) is 1. The van der Waals surface area contributed by atoms with Crippen molar-refractivity contribution in [2.45, 2.75) is 13.0 Å². The number of aryl methyl sites for hydroxylation is 1. The van der Waals surface area contributed by atoms with Gasteiger partial charge >= 0.3 is 0 Å². The molecule has 0 saturated carbocycles. The van der Waals surface area contributed by atoms with Crippen LogP contribution in [0.1, 0.15) is 11.3 Å². The lowest BCUT2D eigenvalue weighted by Crippen LogP contribution is -1.95. The van der Waals surface area contributed by atoms with Crippen LogP contribution in [0.2, 0.25) is 5.02 Å². The minimum absolute atomic E-state index is 0.502. The van der Waals surface area contributed by atoms with Crippen molar-refractivity contribution in [2.24, 2.45) is 0 Å². The molecule has 3 aromatic rings. The third-order valence-electron chi connectivity index (χ3n) is 3.17. The first-order valence-electron chi connectivity index (χ1n) is 6.58. The van der Waals surface area contributed by atoms with Crippen molar-refractivity contribution < 1.29 is 9.26 Å². The molecule has 0 radical (unpaired) electrons. The van der Waals surface area contributed by atoms with Crippen molar-refractivity contribution in [3.8, 4) is 5.75 Å². The number of rotatable bonds is 5. The fourth-order valence-corrected chi connectivity index (χ4v) is 2.58. The first kappa shape index (κ1) is 14.4. The first-order chi connectivity index (χ1) is 10.3. The van der Waals surface area contributed by atoms with Crippen LogP contribution in [0, 0.1) is 0 Å². The number of ether oxygens (including phenoxy) is 1. The Morgan fingerprint density at radius 3 is 2.71 bits per heavy atom. The van der Waals surface area contributed by atoms with Crippen molar-refractivity contribution in [1.82, 2.24) is 5.16 Å². The molecule has 3 nitrogen and oxygen atoms in total. The summed E-state index contributed by atoms with van der Waals surface area (Å²) in [4.78, 5) is 0. The van der Waals surface area contributed by atoms with E-state index in [2.05, 4.69) is 21.1 Å². The second-order valence-electron chi connectivity index (χ2n) is 4.64. The zero-order chi connectivity index (χ0) is 14.7. The second kappa shape index (κ2) is 6.50. The summed E-state index contributed by atoms with van der Waals surface area (Å²) in [5, 5.41) is 6.66. The molecule has 3 rings (SSSR count). The number of alkyl halides is 1. The Bertz CT molecular complexity index is 740. The Morgan fingerprint density at radius 1 is 1.14 bits per heavy atom. The van der Waals surface area contributed by atoms with E-state index < -0.39 is 0 Å². The molecule has 0 aliphatic carbocycles. The fraction of sp³-hybridized carbons (Fsp3) is 0.188. The Balaban J connectivity index is 1.77. The van der Waals surface area contributed by atoms with Crippen LogP contribution in [0.25, 0.3) is 11.0 Å². The molecule has 0 saturated heterocycles. The largest absolute Gasteiger partial charge is 0.489 e. The maximum absolute atomic E-state index is 5.87. The number of benzene rings is 2. The van der Waals surface area contributed by atoms with Crippen LogP contribution in [0.15, 0.2) is 47.0 Å². The van der Waals surface area contributed by atoms with E-state index in [0.29, 0.717) is 6.61 Å². The Labute approximate surface area is 136 Å². The molecule has 0 amide bonds. The van der Waals surface area contributed by atoms with Gasteiger partial charge in [-0.3, -0.25) is 0 Å². The summed E-state index contributed by atoms with van der Waals surface area (Å²) in [5.41, 5.74) is 2.80. The van der Waals surface area contributed by atoms with Gasteiger partial charge in [0, 0.05) is 22.2 Å². The van der Waals surface area contributed by atoms with E-state index in [-0.39, 0.29) is 0 Å². The maximum atomic E-state index is 5.87. The van der Waals surface area contributed by atoms with Crippen LogP contribution in [-0.2, 0) is 13.0 Å². The van der Waals surface area contributed by atoms with E-state index in [9.17, 15) is 0 Å². The predicted molar refractivity (Wildman–Crippen MR) is 87.3 cm³/mol. The van der Waals surface area contributed by atoms with Crippen molar-refractivity contribution in [2.75, 3.05) is 5.33 Å². The molecule has 0 N–H and O–H groups in total. The number of hydrogen-bond acceptors (Lipinski definition) is 3. The molecule has 0 atom stereocenters. The van der Waals surface area contributed by atoms with E-state index in [1.54, 1.807) is 0 Å². The Morgan fingerprint density at radius 2 is 1.95 bits per heavy atom. The van der Waals surface area contributed by atoms with E-state index in [0.717, 1.165) is 44.7 Å². The van der Waals surface area contributed by atoms with Gasteiger partial charge in [-0.2, -0.15) is 0 Å². The van der Waals surface area contributed by atoms with E-state index in [1.165, 1.54) is 0 Å².